The van der Waals surface area contributed by atoms with E-state index in [1.807, 2.05) is 24.3 Å². The van der Waals surface area contributed by atoms with Crippen molar-refractivity contribution in [3.05, 3.63) is 29.8 Å². The lowest BCUT2D eigenvalue weighted by Crippen LogP contribution is -2.46. The van der Waals surface area contributed by atoms with Gasteiger partial charge in [-0.3, -0.25) is 9.69 Å². The van der Waals surface area contributed by atoms with Gasteiger partial charge in [0.2, 0.25) is 5.91 Å². The number of anilines is 1. The SMILES string of the molecule is N#Cc1ccc(N2CCN(CCCC(N)=O)CC2)cc1. The first kappa shape index (κ1) is 14.4. The molecule has 2 N–H and O–H groups in total. The van der Waals surface area contributed by atoms with Gasteiger partial charge in [0, 0.05) is 38.3 Å². The monoisotopic (exact) mass is 272 g/mol. The molecule has 0 bridgehead atoms. The number of nitrogens with zero attached hydrogens (tertiary/aromatic N) is 3. The number of hydrogen-bond donors (Lipinski definition) is 1. The summed E-state index contributed by atoms with van der Waals surface area (Å²) in [5, 5.41) is 8.79. The number of nitrogens with two attached hydrogens (primary N) is 1. The summed E-state index contributed by atoms with van der Waals surface area (Å²) < 4.78 is 0. The minimum absolute atomic E-state index is 0.221. The second kappa shape index (κ2) is 6.92. The normalized spacial score (nSPS) is 15.8. The maximum Gasteiger partial charge on any atom is 0.217 e. The maximum absolute atomic E-state index is 10.7. The largest absolute Gasteiger partial charge is 0.370 e. The number of benzene rings is 1. The number of hydrogen-bond acceptors (Lipinski definition) is 4. The van der Waals surface area contributed by atoms with Crippen molar-refractivity contribution in [2.45, 2.75) is 12.8 Å². The first-order valence-corrected chi connectivity index (χ1v) is 6.95. The van der Waals surface area contributed by atoms with Crippen molar-refractivity contribution in [2.75, 3.05) is 37.6 Å². The van der Waals surface area contributed by atoms with Gasteiger partial charge in [0.25, 0.3) is 0 Å². The number of nitriles is 1. The molecular weight excluding hydrogens is 252 g/mol. The van der Waals surface area contributed by atoms with Crippen molar-refractivity contribution in [1.29, 1.82) is 5.26 Å². The molecule has 0 aliphatic carbocycles. The van der Waals surface area contributed by atoms with E-state index >= 15 is 0 Å². The Morgan fingerprint density at radius 3 is 2.40 bits per heavy atom. The van der Waals surface area contributed by atoms with E-state index in [1.54, 1.807) is 0 Å². The molecule has 20 heavy (non-hydrogen) atoms. The van der Waals surface area contributed by atoms with Crippen LogP contribution in [0.25, 0.3) is 0 Å². The number of carbonyl (C=O) groups is 1. The third-order valence-electron chi connectivity index (χ3n) is 3.63. The Labute approximate surface area is 119 Å². The van der Waals surface area contributed by atoms with Crippen LogP contribution < -0.4 is 10.6 Å². The van der Waals surface area contributed by atoms with Crippen LogP contribution in [0.1, 0.15) is 18.4 Å². The predicted molar refractivity (Wildman–Crippen MR) is 78.2 cm³/mol. The molecule has 0 aromatic heterocycles. The molecule has 1 aliphatic heterocycles. The first-order valence-electron chi connectivity index (χ1n) is 6.95. The minimum atomic E-state index is -0.221. The lowest BCUT2D eigenvalue weighted by Gasteiger charge is -2.36. The molecule has 1 aromatic carbocycles. The lowest BCUT2D eigenvalue weighted by atomic mass is 10.2. The molecule has 1 aromatic rings. The average molecular weight is 272 g/mol. The molecule has 2 rings (SSSR count). The summed E-state index contributed by atoms with van der Waals surface area (Å²) in [6, 6.07) is 9.85. The van der Waals surface area contributed by atoms with E-state index < -0.39 is 0 Å². The molecule has 0 unspecified atom stereocenters. The van der Waals surface area contributed by atoms with E-state index in [0.29, 0.717) is 12.0 Å². The van der Waals surface area contributed by atoms with E-state index in [0.717, 1.165) is 39.1 Å². The molecule has 0 spiro atoms. The summed E-state index contributed by atoms with van der Waals surface area (Å²) in [6.07, 6.45) is 1.31. The van der Waals surface area contributed by atoms with Gasteiger partial charge in [0.15, 0.2) is 0 Å². The summed E-state index contributed by atoms with van der Waals surface area (Å²) in [7, 11) is 0. The molecule has 1 aliphatic rings. The van der Waals surface area contributed by atoms with Gasteiger partial charge in [-0.15, -0.1) is 0 Å². The molecular formula is C15H20N4O. The Morgan fingerprint density at radius 2 is 1.85 bits per heavy atom. The van der Waals surface area contributed by atoms with Crippen LogP contribution in [0.2, 0.25) is 0 Å². The van der Waals surface area contributed by atoms with Crippen LogP contribution in [0.4, 0.5) is 5.69 Å². The predicted octanol–water partition coefficient (Wildman–Crippen LogP) is 0.946. The Kier molecular flexibility index (Phi) is 4.97. The number of amides is 1. The standard InChI is InChI=1S/C15H20N4O/c16-12-13-3-5-14(6-4-13)19-10-8-18(9-11-19)7-1-2-15(17)20/h3-6H,1-2,7-11H2,(H2,17,20). The van der Waals surface area contributed by atoms with E-state index in [4.69, 9.17) is 11.0 Å². The third-order valence-corrected chi connectivity index (χ3v) is 3.63. The Bertz CT molecular complexity index is 484. The Hall–Kier alpha value is -2.06. The fraction of sp³-hybridized carbons (Fsp3) is 0.467. The third kappa shape index (κ3) is 3.97. The van der Waals surface area contributed by atoms with Gasteiger partial charge in [-0.05, 0) is 37.2 Å². The topological polar surface area (TPSA) is 73.4 Å². The van der Waals surface area contributed by atoms with Gasteiger partial charge in [-0.25, -0.2) is 0 Å². The van der Waals surface area contributed by atoms with Crippen molar-refractivity contribution in [1.82, 2.24) is 4.90 Å². The number of piperazine rings is 1. The van der Waals surface area contributed by atoms with Gasteiger partial charge < -0.3 is 10.6 Å². The average Bonchev–Trinajstić information content (AvgIpc) is 2.48. The zero-order valence-corrected chi connectivity index (χ0v) is 11.6. The van der Waals surface area contributed by atoms with Crippen LogP contribution in [-0.2, 0) is 4.79 Å². The Balaban J connectivity index is 1.78. The van der Waals surface area contributed by atoms with Crippen LogP contribution in [0.15, 0.2) is 24.3 Å². The van der Waals surface area contributed by atoms with Crippen LogP contribution in [0, 0.1) is 11.3 Å². The summed E-state index contributed by atoms with van der Waals surface area (Å²) in [5.74, 6) is -0.221. The van der Waals surface area contributed by atoms with Crippen molar-refractivity contribution >= 4 is 11.6 Å². The smallest absolute Gasteiger partial charge is 0.217 e. The minimum Gasteiger partial charge on any atom is -0.370 e. The summed E-state index contributed by atoms with van der Waals surface area (Å²) >= 11 is 0. The Morgan fingerprint density at radius 1 is 1.20 bits per heavy atom. The van der Waals surface area contributed by atoms with Crippen molar-refractivity contribution in [3.63, 3.8) is 0 Å². The highest BCUT2D eigenvalue weighted by atomic mass is 16.1. The molecule has 106 valence electrons. The van der Waals surface area contributed by atoms with Crippen LogP contribution >= 0.6 is 0 Å². The second-order valence-electron chi connectivity index (χ2n) is 5.06. The molecule has 1 saturated heterocycles. The van der Waals surface area contributed by atoms with Gasteiger partial charge >= 0.3 is 0 Å². The van der Waals surface area contributed by atoms with Crippen molar-refractivity contribution in [3.8, 4) is 6.07 Å². The van der Waals surface area contributed by atoms with Crippen molar-refractivity contribution < 1.29 is 4.79 Å². The molecule has 5 nitrogen and oxygen atoms in total. The molecule has 0 saturated carbocycles. The van der Waals surface area contributed by atoms with Gasteiger partial charge in [-0.2, -0.15) is 5.26 Å². The molecule has 5 heteroatoms. The quantitative estimate of drug-likeness (QED) is 0.866. The highest BCUT2D eigenvalue weighted by Gasteiger charge is 2.16. The summed E-state index contributed by atoms with van der Waals surface area (Å²) in [5.41, 5.74) is 7.00. The van der Waals surface area contributed by atoms with Crippen LogP contribution in [0.3, 0.4) is 0 Å². The number of rotatable bonds is 5. The summed E-state index contributed by atoms with van der Waals surface area (Å²) in [4.78, 5) is 15.4. The van der Waals surface area contributed by atoms with Gasteiger partial charge in [0.05, 0.1) is 11.6 Å². The van der Waals surface area contributed by atoms with Crippen molar-refractivity contribution in [2.24, 2.45) is 5.73 Å². The molecule has 1 heterocycles. The highest BCUT2D eigenvalue weighted by Crippen LogP contribution is 2.17. The van der Waals surface area contributed by atoms with Gasteiger partial charge in [0.1, 0.15) is 0 Å². The van der Waals surface area contributed by atoms with E-state index in [2.05, 4.69) is 15.9 Å². The maximum atomic E-state index is 10.7. The molecule has 0 radical (unpaired) electrons. The van der Waals surface area contributed by atoms with Crippen LogP contribution in [0.5, 0.6) is 0 Å². The van der Waals surface area contributed by atoms with Gasteiger partial charge in [-0.1, -0.05) is 0 Å². The number of carbonyl (C=O) groups excluding carboxylic acids is 1. The fourth-order valence-electron chi connectivity index (χ4n) is 2.45. The highest BCUT2D eigenvalue weighted by molar-refractivity contribution is 5.73. The molecule has 0 atom stereocenters. The van der Waals surface area contributed by atoms with E-state index in [9.17, 15) is 4.79 Å². The molecule has 1 fully saturated rings. The zero-order valence-electron chi connectivity index (χ0n) is 11.6. The lowest BCUT2D eigenvalue weighted by molar-refractivity contribution is -0.118. The first-order chi connectivity index (χ1) is 9.69. The molecule has 1 amide bonds. The summed E-state index contributed by atoms with van der Waals surface area (Å²) in [6.45, 7) is 4.88. The number of primary amides is 1. The second-order valence-corrected chi connectivity index (χ2v) is 5.06. The van der Waals surface area contributed by atoms with Crippen LogP contribution in [-0.4, -0.2) is 43.5 Å². The van der Waals surface area contributed by atoms with E-state index in [-0.39, 0.29) is 5.91 Å². The zero-order chi connectivity index (χ0) is 14.4. The van der Waals surface area contributed by atoms with E-state index in [1.165, 1.54) is 5.69 Å². The fourth-order valence-corrected chi connectivity index (χ4v) is 2.45.